The molecule has 4 nitrogen and oxygen atoms in total. The summed E-state index contributed by atoms with van der Waals surface area (Å²) in [6, 6.07) is 0.142. The van der Waals surface area contributed by atoms with Gasteiger partial charge in [0.1, 0.15) is 0 Å². The molecule has 0 saturated carbocycles. The Morgan fingerprint density at radius 2 is 2.24 bits per heavy atom. The molecule has 1 amide bonds. The van der Waals surface area contributed by atoms with Crippen LogP contribution in [0.5, 0.6) is 0 Å². The molecule has 2 heterocycles. The van der Waals surface area contributed by atoms with Gasteiger partial charge in [-0.2, -0.15) is 0 Å². The Morgan fingerprint density at radius 1 is 1.41 bits per heavy atom. The summed E-state index contributed by atoms with van der Waals surface area (Å²) in [7, 11) is 0. The van der Waals surface area contributed by atoms with Crippen molar-refractivity contribution in [2.75, 3.05) is 25.6 Å². The lowest BCUT2D eigenvalue weighted by Gasteiger charge is -2.37. The van der Waals surface area contributed by atoms with E-state index in [0.717, 1.165) is 19.4 Å². The Morgan fingerprint density at radius 3 is 2.88 bits per heavy atom. The zero-order chi connectivity index (χ0) is 12.3. The fourth-order valence-corrected chi connectivity index (χ4v) is 2.56. The average Bonchev–Trinajstić information content (AvgIpc) is 2.82. The van der Waals surface area contributed by atoms with Crippen molar-refractivity contribution >= 4 is 17.5 Å². The highest BCUT2D eigenvalue weighted by molar-refractivity contribution is 6.18. The maximum atomic E-state index is 12.2. The molecule has 3 atom stereocenters. The van der Waals surface area contributed by atoms with E-state index in [-0.39, 0.29) is 24.2 Å². The smallest absolute Gasteiger partial charge is 0.225 e. The van der Waals surface area contributed by atoms with Crippen LogP contribution in [0.15, 0.2) is 0 Å². The molecule has 3 unspecified atom stereocenters. The lowest BCUT2D eigenvalue weighted by Crippen LogP contribution is -2.52. The number of carbonyl (C=O) groups excluding carboxylic acids is 1. The van der Waals surface area contributed by atoms with Gasteiger partial charge < -0.3 is 14.4 Å². The van der Waals surface area contributed by atoms with Gasteiger partial charge in [0.05, 0.1) is 37.2 Å². The van der Waals surface area contributed by atoms with Crippen molar-refractivity contribution in [2.24, 2.45) is 0 Å². The van der Waals surface area contributed by atoms with Gasteiger partial charge in [0.25, 0.3) is 0 Å². The quantitative estimate of drug-likeness (QED) is 0.721. The van der Waals surface area contributed by atoms with Crippen LogP contribution < -0.4 is 0 Å². The summed E-state index contributed by atoms with van der Waals surface area (Å²) in [6.45, 7) is 3.99. The van der Waals surface area contributed by atoms with Crippen LogP contribution >= 0.6 is 11.6 Å². The Bertz CT molecular complexity index is 268. The highest BCUT2D eigenvalue weighted by Crippen LogP contribution is 2.19. The second kappa shape index (κ2) is 6.03. The SMILES string of the molecule is CC1COC(CCl)CN1C(=O)CC1CCCO1. The van der Waals surface area contributed by atoms with Gasteiger partial charge in [0.15, 0.2) is 0 Å². The first-order valence-corrected chi connectivity index (χ1v) is 6.82. The van der Waals surface area contributed by atoms with Crippen LogP contribution in [0, 0.1) is 0 Å². The number of halogens is 1. The number of amides is 1. The monoisotopic (exact) mass is 261 g/mol. The Hall–Kier alpha value is -0.320. The van der Waals surface area contributed by atoms with Crippen molar-refractivity contribution in [2.45, 2.75) is 44.4 Å². The van der Waals surface area contributed by atoms with Crippen LogP contribution in [-0.4, -0.2) is 54.7 Å². The molecular weight excluding hydrogens is 242 g/mol. The lowest BCUT2D eigenvalue weighted by atomic mass is 10.1. The maximum Gasteiger partial charge on any atom is 0.225 e. The normalized spacial score (nSPS) is 34.0. The molecule has 2 rings (SSSR count). The van der Waals surface area contributed by atoms with Crippen LogP contribution in [-0.2, 0) is 14.3 Å². The molecule has 0 aromatic rings. The van der Waals surface area contributed by atoms with Gasteiger partial charge in [0.2, 0.25) is 5.91 Å². The van der Waals surface area contributed by atoms with Crippen molar-refractivity contribution < 1.29 is 14.3 Å². The molecule has 0 spiro atoms. The van der Waals surface area contributed by atoms with Gasteiger partial charge in [-0.05, 0) is 19.8 Å². The number of carbonyl (C=O) groups is 1. The van der Waals surface area contributed by atoms with Gasteiger partial charge in [-0.1, -0.05) is 0 Å². The minimum atomic E-state index is -0.0266. The van der Waals surface area contributed by atoms with Gasteiger partial charge in [-0.3, -0.25) is 4.79 Å². The van der Waals surface area contributed by atoms with E-state index in [0.29, 0.717) is 25.5 Å². The van der Waals surface area contributed by atoms with Crippen molar-refractivity contribution in [3.8, 4) is 0 Å². The van der Waals surface area contributed by atoms with E-state index in [1.54, 1.807) is 0 Å². The first-order chi connectivity index (χ1) is 8.20. The minimum absolute atomic E-state index is 0.0266. The lowest BCUT2D eigenvalue weighted by molar-refractivity contribution is -0.145. The second-order valence-electron chi connectivity index (χ2n) is 4.84. The summed E-state index contributed by atoms with van der Waals surface area (Å²) in [5.41, 5.74) is 0. The molecule has 0 aromatic carbocycles. The third-order valence-electron chi connectivity index (χ3n) is 3.42. The molecular formula is C12H20ClNO3. The van der Waals surface area contributed by atoms with Gasteiger partial charge >= 0.3 is 0 Å². The van der Waals surface area contributed by atoms with E-state index in [1.807, 2.05) is 11.8 Å². The highest BCUT2D eigenvalue weighted by atomic mass is 35.5. The van der Waals surface area contributed by atoms with Gasteiger partial charge in [0, 0.05) is 13.2 Å². The summed E-state index contributed by atoms with van der Waals surface area (Å²) in [4.78, 5) is 14.1. The third-order valence-corrected chi connectivity index (χ3v) is 3.77. The first-order valence-electron chi connectivity index (χ1n) is 6.29. The second-order valence-corrected chi connectivity index (χ2v) is 5.15. The summed E-state index contributed by atoms with van der Waals surface area (Å²) in [5.74, 6) is 0.610. The molecule has 0 aromatic heterocycles. The summed E-state index contributed by atoms with van der Waals surface area (Å²) in [6.07, 6.45) is 2.66. The van der Waals surface area contributed by atoms with E-state index in [4.69, 9.17) is 21.1 Å². The Labute approximate surface area is 107 Å². The summed E-state index contributed by atoms with van der Waals surface area (Å²) in [5, 5.41) is 0. The average molecular weight is 262 g/mol. The molecule has 0 aliphatic carbocycles. The van der Waals surface area contributed by atoms with Crippen molar-refractivity contribution in [1.29, 1.82) is 0 Å². The molecule has 2 aliphatic heterocycles. The van der Waals surface area contributed by atoms with Crippen LogP contribution in [0.25, 0.3) is 0 Å². The van der Waals surface area contributed by atoms with Gasteiger partial charge in [-0.15, -0.1) is 11.6 Å². The summed E-state index contributed by atoms with van der Waals surface area (Å²) >= 11 is 5.78. The van der Waals surface area contributed by atoms with E-state index in [1.165, 1.54) is 0 Å². The van der Waals surface area contributed by atoms with Crippen LogP contribution in [0.2, 0.25) is 0 Å². The molecule has 2 saturated heterocycles. The van der Waals surface area contributed by atoms with Crippen molar-refractivity contribution in [1.82, 2.24) is 4.90 Å². The topological polar surface area (TPSA) is 38.8 Å². The number of hydrogen-bond acceptors (Lipinski definition) is 3. The summed E-state index contributed by atoms with van der Waals surface area (Å²) < 4.78 is 11.0. The molecule has 0 radical (unpaired) electrons. The highest BCUT2D eigenvalue weighted by Gasteiger charge is 2.31. The van der Waals surface area contributed by atoms with Crippen molar-refractivity contribution in [3.63, 3.8) is 0 Å². The third kappa shape index (κ3) is 3.33. The van der Waals surface area contributed by atoms with Gasteiger partial charge in [-0.25, -0.2) is 0 Å². The van der Waals surface area contributed by atoms with E-state index >= 15 is 0 Å². The van der Waals surface area contributed by atoms with Crippen LogP contribution in [0.4, 0.5) is 0 Å². The van der Waals surface area contributed by atoms with E-state index in [2.05, 4.69) is 0 Å². The molecule has 2 fully saturated rings. The maximum absolute atomic E-state index is 12.2. The molecule has 2 aliphatic rings. The number of morpholine rings is 1. The number of hydrogen-bond donors (Lipinski definition) is 0. The molecule has 5 heteroatoms. The Kier molecular flexibility index (Phi) is 4.65. The number of rotatable bonds is 3. The van der Waals surface area contributed by atoms with E-state index < -0.39 is 0 Å². The number of alkyl halides is 1. The first kappa shape index (κ1) is 13.1. The minimum Gasteiger partial charge on any atom is -0.378 e. The predicted molar refractivity (Wildman–Crippen MR) is 65.2 cm³/mol. The fourth-order valence-electron chi connectivity index (χ4n) is 2.38. The van der Waals surface area contributed by atoms with Crippen molar-refractivity contribution in [3.05, 3.63) is 0 Å². The predicted octanol–water partition coefficient (Wildman–Crippen LogP) is 1.41. The molecule has 0 N–H and O–H groups in total. The number of nitrogens with zero attached hydrogens (tertiary/aromatic N) is 1. The largest absolute Gasteiger partial charge is 0.378 e. The van der Waals surface area contributed by atoms with E-state index in [9.17, 15) is 4.79 Å². The Balaban J connectivity index is 1.87. The zero-order valence-corrected chi connectivity index (χ0v) is 11.0. The molecule has 98 valence electrons. The molecule has 17 heavy (non-hydrogen) atoms. The van der Waals surface area contributed by atoms with Crippen LogP contribution in [0.1, 0.15) is 26.2 Å². The zero-order valence-electron chi connectivity index (χ0n) is 10.2. The fraction of sp³-hybridized carbons (Fsp3) is 0.917. The van der Waals surface area contributed by atoms with Crippen LogP contribution in [0.3, 0.4) is 0 Å². The molecule has 0 bridgehead atoms. The number of ether oxygens (including phenoxy) is 2. The standard InChI is InChI=1S/C12H20ClNO3/c1-9-8-17-11(6-13)7-14(9)12(15)5-10-3-2-4-16-10/h9-11H,2-8H2,1H3.